The molecule has 0 saturated carbocycles. The van der Waals surface area contributed by atoms with Crippen LogP contribution in [0.15, 0.2) is 28.9 Å². The van der Waals surface area contributed by atoms with Gasteiger partial charge in [-0.3, -0.25) is 9.59 Å². The monoisotopic (exact) mass is 418 g/mol. The Bertz CT molecular complexity index is 1030. The number of furan rings is 1. The molecule has 0 aliphatic carbocycles. The lowest BCUT2D eigenvalue weighted by Crippen LogP contribution is -2.55. The van der Waals surface area contributed by atoms with Crippen LogP contribution < -0.4 is 16.4 Å². The number of fused-ring (bicyclic) bond motifs is 1. The summed E-state index contributed by atoms with van der Waals surface area (Å²) in [6, 6.07) is 2.93. The van der Waals surface area contributed by atoms with Crippen LogP contribution in [0.5, 0.6) is 0 Å². The van der Waals surface area contributed by atoms with Crippen LogP contribution >= 0.6 is 0 Å². The number of benzene rings is 1. The predicted molar refractivity (Wildman–Crippen MR) is 102 cm³/mol. The average molecular weight is 418 g/mol. The van der Waals surface area contributed by atoms with Crippen molar-refractivity contribution in [2.45, 2.75) is 31.3 Å². The van der Waals surface area contributed by atoms with E-state index in [0.717, 1.165) is 12.1 Å². The molecule has 3 amide bonds. The summed E-state index contributed by atoms with van der Waals surface area (Å²) in [6.45, 7) is 0.804. The second kappa shape index (κ2) is 7.43. The molecule has 1 saturated heterocycles. The molecule has 0 bridgehead atoms. The molecule has 4 N–H and O–H groups in total. The number of amides is 3. The van der Waals surface area contributed by atoms with Crippen molar-refractivity contribution in [3.8, 4) is 0 Å². The Morgan fingerprint density at radius 3 is 2.63 bits per heavy atom. The van der Waals surface area contributed by atoms with E-state index in [0.29, 0.717) is 31.7 Å². The molecule has 3 heterocycles. The van der Waals surface area contributed by atoms with E-state index in [9.17, 15) is 23.2 Å². The molecule has 2 aromatic rings. The van der Waals surface area contributed by atoms with Gasteiger partial charge in [0, 0.05) is 36.7 Å². The molecule has 4 rings (SSSR count). The SMILES string of the molecule is NC(=O)c1coc(CNC(=O)N2CCC3(CC2)CC(=O)c2cc(F)cc(F)c2N3)c1. The van der Waals surface area contributed by atoms with Gasteiger partial charge in [0.25, 0.3) is 5.91 Å². The van der Waals surface area contributed by atoms with Gasteiger partial charge in [0.2, 0.25) is 0 Å². The highest BCUT2D eigenvalue weighted by molar-refractivity contribution is 6.04. The van der Waals surface area contributed by atoms with E-state index >= 15 is 0 Å². The van der Waals surface area contributed by atoms with E-state index in [1.165, 1.54) is 12.3 Å². The standard InChI is InChI=1S/C20H20F2N4O4/c21-12-6-14-16(27)8-20(25-17(14)15(22)7-12)1-3-26(4-2-20)19(29)24-9-13-5-11(10-30-13)18(23)28/h5-7,10,25H,1-4,8-9H2,(H2,23,28)(H,24,29). The van der Waals surface area contributed by atoms with E-state index in [1.54, 1.807) is 4.90 Å². The lowest BCUT2D eigenvalue weighted by atomic mass is 9.78. The summed E-state index contributed by atoms with van der Waals surface area (Å²) in [7, 11) is 0. The number of primary amides is 1. The zero-order valence-electron chi connectivity index (χ0n) is 16.0. The Labute approximate surface area is 170 Å². The van der Waals surface area contributed by atoms with E-state index in [-0.39, 0.29) is 41.6 Å². The van der Waals surface area contributed by atoms with E-state index in [4.69, 9.17) is 10.2 Å². The molecular weight excluding hydrogens is 398 g/mol. The van der Waals surface area contributed by atoms with E-state index in [1.807, 2.05) is 0 Å². The van der Waals surface area contributed by atoms with Crippen LogP contribution in [0, 0.1) is 11.6 Å². The van der Waals surface area contributed by atoms with Crippen molar-refractivity contribution >= 4 is 23.4 Å². The van der Waals surface area contributed by atoms with Crippen molar-refractivity contribution in [1.82, 2.24) is 10.2 Å². The number of piperidine rings is 1. The average Bonchev–Trinajstić information content (AvgIpc) is 3.17. The largest absolute Gasteiger partial charge is 0.467 e. The number of hydrogen-bond acceptors (Lipinski definition) is 5. The number of ketones is 1. The van der Waals surface area contributed by atoms with Gasteiger partial charge >= 0.3 is 6.03 Å². The van der Waals surface area contributed by atoms with E-state index < -0.39 is 23.1 Å². The minimum absolute atomic E-state index is 0.0204. The number of rotatable bonds is 3. The summed E-state index contributed by atoms with van der Waals surface area (Å²) in [4.78, 5) is 37.6. The van der Waals surface area contributed by atoms with E-state index in [2.05, 4.69) is 10.6 Å². The minimum atomic E-state index is -0.800. The van der Waals surface area contributed by atoms with Crippen LogP contribution in [0.25, 0.3) is 0 Å². The van der Waals surface area contributed by atoms with Crippen LogP contribution in [0.1, 0.15) is 45.7 Å². The van der Waals surface area contributed by atoms with Crippen molar-refractivity contribution in [3.05, 3.63) is 53.0 Å². The molecule has 1 aromatic carbocycles. The molecule has 0 radical (unpaired) electrons. The highest BCUT2D eigenvalue weighted by atomic mass is 19.1. The van der Waals surface area contributed by atoms with Crippen LogP contribution in [0.2, 0.25) is 0 Å². The fourth-order valence-electron chi connectivity index (χ4n) is 3.95. The number of anilines is 1. The van der Waals surface area contributed by atoms with Crippen LogP contribution in [-0.2, 0) is 6.54 Å². The van der Waals surface area contributed by atoms with Crippen molar-refractivity contribution < 1.29 is 27.6 Å². The maximum Gasteiger partial charge on any atom is 0.317 e. The quantitative estimate of drug-likeness (QED) is 0.708. The maximum absolute atomic E-state index is 14.2. The Balaban J connectivity index is 1.36. The predicted octanol–water partition coefficient (Wildman–Crippen LogP) is 2.40. The number of nitrogens with two attached hydrogens (primary N) is 1. The van der Waals surface area contributed by atoms with Gasteiger partial charge in [-0.1, -0.05) is 0 Å². The van der Waals surface area contributed by atoms with Crippen molar-refractivity contribution in [2.75, 3.05) is 18.4 Å². The number of halogens is 2. The van der Waals surface area contributed by atoms with Crippen molar-refractivity contribution in [1.29, 1.82) is 0 Å². The lowest BCUT2D eigenvalue weighted by Gasteiger charge is -2.45. The molecule has 2 aliphatic heterocycles. The molecule has 0 unspecified atom stereocenters. The summed E-state index contributed by atoms with van der Waals surface area (Å²) in [6.07, 6.45) is 2.22. The van der Waals surface area contributed by atoms with Gasteiger partial charge in [-0.25, -0.2) is 13.6 Å². The maximum atomic E-state index is 14.2. The summed E-state index contributed by atoms with van der Waals surface area (Å²) < 4.78 is 32.8. The van der Waals surface area contributed by atoms with Gasteiger partial charge in [0.1, 0.15) is 23.7 Å². The zero-order valence-corrected chi connectivity index (χ0v) is 16.0. The van der Waals surface area contributed by atoms with Crippen LogP contribution in [-0.4, -0.2) is 41.2 Å². The first-order valence-electron chi connectivity index (χ1n) is 9.47. The number of nitrogens with one attached hydrogen (secondary N) is 2. The molecule has 158 valence electrons. The molecule has 1 aromatic heterocycles. The first-order chi connectivity index (χ1) is 14.3. The molecular formula is C20H20F2N4O4. The van der Waals surface area contributed by atoms with Crippen LogP contribution in [0.3, 0.4) is 0 Å². The third kappa shape index (κ3) is 3.72. The third-order valence-electron chi connectivity index (χ3n) is 5.60. The molecule has 1 fully saturated rings. The molecule has 1 spiro atoms. The lowest BCUT2D eigenvalue weighted by molar-refractivity contribution is 0.0912. The molecule has 10 heteroatoms. The Morgan fingerprint density at radius 2 is 1.97 bits per heavy atom. The number of carbonyl (C=O) groups is 3. The second-order valence-corrected chi connectivity index (χ2v) is 7.63. The Hall–Kier alpha value is -3.43. The number of likely N-dealkylation sites (tertiary alicyclic amines) is 1. The number of nitrogens with zero attached hydrogens (tertiary/aromatic N) is 1. The fourth-order valence-corrected chi connectivity index (χ4v) is 3.95. The number of Topliss-reactive ketones (excluding diaryl/α,β-unsaturated/α-hetero) is 1. The summed E-state index contributed by atoms with van der Waals surface area (Å²) in [5, 5.41) is 5.79. The molecule has 0 atom stereocenters. The van der Waals surface area contributed by atoms with Gasteiger partial charge < -0.3 is 25.7 Å². The highest BCUT2D eigenvalue weighted by Gasteiger charge is 2.42. The first-order valence-corrected chi connectivity index (χ1v) is 9.47. The van der Waals surface area contributed by atoms with Gasteiger partial charge in [-0.15, -0.1) is 0 Å². The topological polar surface area (TPSA) is 118 Å². The third-order valence-corrected chi connectivity index (χ3v) is 5.60. The van der Waals surface area contributed by atoms with Crippen LogP contribution in [0.4, 0.5) is 19.3 Å². The van der Waals surface area contributed by atoms with Crippen molar-refractivity contribution in [3.63, 3.8) is 0 Å². The van der Waals surface area contributed by atoms with Gasteiger partial charge in [-0.2, -0.15) is 0 Å². The Kier molecular flexibility index (Phi) is 4.92. The molecule has 2 aliphatic rings. The Morgan fingerprint density at radius 1 is 1.23 bits per heavy atom. The summed E-state index contributed by atoms with van der Waals surface area (Å²) in [5.41, 5.74) is 4.75. The highest BCUT2D eigenvalue weighted by Crippen LogP contribution is 2.39. The number of urea groups is 1. The first kappa shape index (κ1) is 19.9. The summed E-state index contributed by atoms with van der Waals surface area (Å²) in [5.74, 6) is -2.13. The van der Waals surface area contributed by atoms with Gasteiger partial charge in [-0.05, 0) is 25.0 Å². The number of hydrogen-bond donors (Lipinski definition) is 3. The minimum Gasteiger partial charge on any atom is -0.467 e. The van der Waals surface area contributed by atoms with Crippen molar-refractivity contribution in [2.24, 2.45) is 5.73 Å². The normalized spacial score (nSPS) is 17.4. The van der Waals surface area contributed by atoms with Gasteiger partial charge in [0.15, 0.2) is 5.78 Å². The number of carbonyl (C=O) groups excluding carboxylic acids is 3. The zero-order chi connectivity index (χ0) is 21.5. The van der Waals surface area contributed by atoms with Gasteiger partial charge in [0.05, 0.1) is 17.8 Å². The molecule has 8 nitrogen and oxygen atoms in total. The fraction of sp³-hybridized carbons (Fsp3) is 0.350. The smallest absolute Gasteiger partial charge is 0.317 e. The second-order valence-electron chi connectivity index (χ2n) is 7.63. The molecule has 30 heavy (non-hydrogen) atoms. The summed E-state index contributed by atoms with van der Waals surface area (Å²) >= 11 is 0.